The molecular weight excluding hydrogens is 287 g/mol. The number of aryl methyl sites for hydroxylation is 1. The SMILES string of the molecule is CCCc1cc(OCP(=O)(O)O)c2nc(N)sc2c1. The van der Waals surface area contributed by atoms with Crippen LogP contribution in [0.5, 0.6) is 5.75 Å². The van der Waals surface area contributed by atoms with Crippen molar-refractivity contribution in [1.29, 1.82) is 0 Å². The van der Waals surface area contributed by atoms with Crippen LogP contribution in [0.25, 0.3) is 10.2 Å². The van der Waals surface area contributed by atoms with Gasteiger partial charge in [0.25, 0.3) is 0 Å². The minimum Gasteiger partial charge on any atom is -0.479 e. The zero-order valence-electron chi connectivity index (χ0n) is 10.4. The Morgan fingerprint density at radius 1 is 1.47 bits per heavy atom. The van der Waals surface area contributed by atoms with Crippen LogP contribution >= 0.6 is 18.9 Å². The summed E-state index contributed by atoms with van der Waals surface area (Å²) in [5.41, 5.74) is 7.26. The fraction of sp³-hybridized carbons (Fsp3) is 0.364. The number of benzene rings is 1. The Bertz CT molecular complexity index is 637. The first-order valence-corrected chi connectivity index (χ1v) is 8.37. The fourth-order valence-corrected chi connectivity index (χ4v) is 2.89. The number of ether oxygens (including phenoxy) is 1. The van der Waals surface area contributed by atoms with Crippen LogP contribution < -0.4 is 10.5 Å². The standard InChI is InChI=1S/C11H15N2O4PS/c1-2-3-7-4-8(17-6-18(14,15)16)10-9(5-7)19-11(12)13-10/h4-5H,2-3,6H2,1H3,(H2,12,13)(H2,14,15,16). The van der Waals surface area contributed by atoms with Crippen LogP contribution in [0.4, 0.5) is 5.13 Å². The smallest absolute Gasteiger partial charge is 0.362 e. The molecule has 2 aromatic rings. The molecule has 1 aromatic carbocycles. The molecule has 0 unspecified atom stereocenters. The number of thiazole rings is 1. The molecule has 8 heteroatoms. The minimum atomic E-state index is -4.21. The van der Waals surface area contributed by atoms with Gasteiger partial charge in [-0.3, -0.25) is 4.57 Å². The second-order valence-electron chi connectivity index (χ2n) is 4.18. The van der Waals surface area contributed by atoms with Gasteiger partial charge in [-0.15, -0.1) is 0 Å². The number of rotatable bonds is 5. The zero-order valence-corrected chi connectivity index (χ0v) is 12.1. The number of fused-ring (bicyclic) bond motifs is 1. The van der Waals surface area contributed by atoms with Crippen molar-refractivity contribution in [3.05, 3.63) is 17.7 Å². The lowest BCUT2D eigenvalue weighted by atomic mass is 10.1. The lowest BCUT2D eigenvalue weighted by Gasteiger charge is -2.09. The summed E-state index contributed by atoms with van der Waals surface area (Å²) in [6, 6.07) is 3.75. The third-order valence-electron chi connectivity index (χ3n) is 2.46. The van der Waals surface area contributed by atoms with E-state index in [1.807, 2.05) is 6.07 Å². The van der Waals surface area contributed by atoms with Gasteiger partial charge in [0.05, 0.1) is 4.70 Å². The van der Waals surface area contributed by atoms with E-state index in [9.17, 15) is 4.57 Å². The van der Waals surface area contributed by atoms with Gasteiger partial charge in [-0.25, -0.2) is 4.98 Å². The van der Waals surface area contributed by atoms with Crippen molar-refractivity contribution >= 4 is 34.3 Å². The van der Waals surface area contributed by atoms with Crippen molar-refractivity contribution in [2.75, 3.05) is 12.1 Å². The number of nitrogens with two attached hydrogens (primary N) is 1. The number of hydrogen-bond acceptors (Lipinski definition) is 5. The summed E-state index contributed by atoms with van der Waals surface area (Å²) in [6.07, 6.45) is 1.17. The quantitative estimate of drug-likeness (QED) is 0.732. The molecule has 0 radical (unpaired) electrons. The molecule has 19 heavy (non-hydrogen) atoms. The van der Waals surface area contributed by atoms with E-state index in [2.05, 4.69) is 11.9 Å². The molecule has 1 heterocycles. The van der Waals surface area contributed by atoms with E-state index in [1.54, 1.807) is 6.07 Å². The number of aromatic nitrogens is 1. The Labute approximate surface area is 114 Å². The van der Waals surface area contributed by atoms with Gasteiger partial charge >= 0.3 is 7.60 Å². The average molecular weight is 302 g/mol. The van der Waals surface area contributed by atoms with Gasteiger partial charge in [0.2, 0.25) is 0 Å². The van der Waals surface area contributed by atoms with Crippen molar-refractivity contribution in [3.8, 4) is 5.75 Å². The Balaban J connectivity index is 2.41. The van der Waals surface area contributed by atoms with E-state index in [4.69, 9.17) is 20.3 Å². The summed E-state index contributed by atoms with van der Waals surface area (Å²) in [4.78, 5) is 21.9. The van der Waals surface area contributed by atoms with E-state index in [1.165, 1.54) is 11.3 Å². The molecule has 1 aromatic heterocycles. The number of nitrogen functional groups attached to an aromatic ring is 1. The largest absolute Gasteiger partial charge is 0.479 e. The summed E-state index contributed by atoms with van der Waals surface area (Å²) in [5, 5.41) is 0.407. The maximum absolute atomic E-state index is 10.9. The third-order valence-corrected chi connectivity index (χ3v) is 3.76. The molecule has 0 bridgehead atoms. The average Bonchev–Trinajstić information content (AvgIpc) is 2.65. The Morgan fingerprint density at radius 2 is 2.21 bits per heavy atom. The highest BCUT2D eigenvalue weighted by Crippen LogP contribution is 2.38. The van der Waals surface area contributed by atoms with Gasteiger partial charge in [0.1, 0.15) is 11.3 Å². The van der Waals surface area contributed by atoms with Gasteiger partial charge in [-0.2, -0.15) is 0 Å². The molecule has 0 saturated carbocycles. The van der Waals surface area contributed by atoms with Crippen molar-refractivity contribution in [2.45, 2.75) is 19.8 Å². The summed E-state index contributed by atoms with van der Waals surface area (Å²) in [5.74, 6) is 0.372. The van der Waals surface area contributed by atoms with Crippen LogP contribution in [0.15, 0.2) is 12.1 Å². The minimum absolute atomic E-state index is 0.372. The van der Waals surface area contributed by atoms with Crippen molar-refractivity contribution < 1.29 is 19.1 Å². The Morgan fingerprint density at radius 3 is 2.84 bits per heavy atom. The molecule has 0 aliphatic rings. The van der Waals surface area contributed by atoms with Crippen molar-refractivity contribution in [3.63, 3.8) is 0 Å². The first-order valence-electron chi connectivity index (χ1n) is 5.75. The molecule has 0 atom stereocenters. The molecule has 0 aliphatic heterocycles. The van der Waals surface area contributed by atoms with E-state index < -0.39 is 13.9 Å². The number of anilines is 1. The molecule has 0 saturated heterocycles. The predicted molar refractivity (Wildman–Crippen MR) is 75.6 cm³/mol. The van der Waals surface area contributed by atoms with Crippen LogP contribution in [-0.2, 0) is 11.0 Å². The van der Waals surface area contributed by atoms with Gasteiger partial charge in [0, 0.05) is 0 Å². The predicted octanol–water partition coefficient (Wildman–Crippen LogP) is 2.35. The molecule has 6 nitrogen and oxygen atoms in total. The van der Waals surface area contributed by atoms with Crippen LogP contribution in [0, 0.1) is 0 Å². The molecule has 0 aliphatic carbocycles. The van der Waals surface area contributed by atoms with Gasteiger partial charge in [-0.05, 0) is 24.1 Å². The highest BCUT2D eigenvalue weighted by molar-refractivity contribution is 7.51. The lowest BCUT2D eigenvalue weighted by Crippen LogP contribution is -1.99. The van der Waals surface area contributed by atoms with Gasteiger partial charge in [0.15, 0.2) is 11.5 Å². The summed E-state index contributed by atoms with van der Waals surface area (Å²) < 4.78 is 17.0. The highest BCUT2D eigenvalue weighted by Gasteiger charge is 2.17. The van der Waals surface area contributed by atoms with Gasteiger partial charge in [-0.1, -0.05) is 24.7 Å². The normalized spacial score (nSPS) is 11.9. The molecule has 0 spiro atoms. The third kappa shape index (κ3) is 3.67. The number of hydrogen-bond donors (Lipinski definition) is 3. The maximum Gasteiger partial charge on any atom is 0.362 e. The Hall–Kier alpha value is -1.14. The number of nitrogens with zero attached hydrogens (tertiary/aromatic N) is 1. The summed E-state index contributed by atoms with van der Waals surface area (Å²) in [7, 11) is -4.21. The fourth-order valence-electron chi connectivity index (χ4n) is 1.77. The second kappa shape index (κ2) is 5.46. The first-order chi connectivity index (χ1) is 8.89. The monoisotopic (exact) mass is 302 g/mol. The van der Waals surface area contributed by atoms with E-state index >= 15 is 0 Å². The summed E-state index contributed by atoms with van der Waals surface area (Å²) >= 11 is 1.33. The first kappa shape index (κ1) is 14.3. The molecular formula is C11H15N2O4PS. The van der Waals surface area contributed by atoms with Crippen LogP contribution in [0.2, 0.25) is 0 Å². The lowest BCUT2D eigenvalue weighted by molar-refractivity contribution is 0.302. The molecule has 4 N–H and O–H groups in total. The zero-order chi connectivity index (χ0) is 14.0. The van der Waals surface area contributed by atoms with Crippen LogP contribution in [0.3, 0.4) is 0 Å². The second-order valence-corrected chi connectivity index (χ2v) is 6.83. The maximum atomic E-state index is 10.9. The highest BCUT2D eigenvalue weighted by atomic mass is 32.1. The molecule has 104 valence electrons. The summed E-state index contributed by atoms with van der Waals surface area (Å²) in [6.45, 7) is 2.06. The van der Waals surface area contributed by atoms with E-state index in [-0.39, 0.29) is 0 Å². The van der Waals surface area contributed by atoms with E-state index in [0.717, 1.165) is 23.1 Å². The molecule has 2 rings (SSSR count). The van der Waals surface area contributed by atoms with Crippen molar-refractivity contribution in [1.82, 2.24) is 4.98 Å². The Kier molecular flexibility index (Phi) is 4.10. The molecule has 0 fully saturated rings. The van der Waals surface area contributed by atoms with Crippen LogP contribution in [0.1, 0.15) is 18.9 Å². The van der Waals surface area contributed by atoms with Crippen LogP contribution in [-0.4, -0.2) is 21.1 Å². The topological polar surface area (TPSA) is 106 Å². The van der Waals surface area contributed by atoms with Gasteiger partial charge < -0.3 is 20.3 Å². The molecule has 0 amide bonds. The van der Waals surface area contributed by atoms with E-state index in [0.29, 0.717) is 16.4 Å². The van der Waals surface area contributed by atoms with Crippen molar-refractivity contribution in [2.24, 2.45) is 0 Å².